The van der Waals surface area contributed by atoms with Gasteiger partial charge in [0.15, 0.2) is 0 Å². The lowest BCUT2D eigenvalue weighted by Crippen LogP contribution is -1.93. The maximum Gasteiger partial charge on any atom is 0.122 e. The molecule has 60 valence electrons. The predicted octanol–water partition coefficient (Wildman–Crippen LogP) is 1.89. The van der Waals surface area contributed by atoms with E-state index < -0.39 is 0 Å². The molecule has 0 amide bonds. The lowest BCUT2D eigenvalue weighted by molar-refractivity contribution is 0.411. The van der Waals surface area contributed by atoms with Gasteiger partial charge < -0.3 is 10.5 Å². The molecular formula is C9H13NO. The van der Waals surface area contributed by atoms with Gasteiger partial charge in [0, 0.05) is 5.69 Å². The van der Waals surface area contributed by atoms with Crippen LogP contribution in [0.1, 0.15) is 11.1 Å². The molecule has 0 bridgehead atoms. The fourth-order valence-electron chi connectivity index (χ4n) is 1.03. The van der Waals surface area contributed by atoms with Crippen LogP contribution < -0.4 is 10.5 Å². The zero-order chi connectivity index (χ0) is 8.43. The predicted molar refractivity (Wildman–Crippen MR) is 46.9 cm³/mol. The number of ether oxygens (including phenoxy) is 1. The maximum atomic E-state index is 5.69. The summed E-state index contributed by atoms with van der Waals surface area (Å²) in [6.45, 7) is 3.95. The monoisotopic (exact) mass is 151 g/mol. The highest BCUT2D eigenvalue weighted by Gasteiger charge is 2.00. The summed E-state index contributed by atoms with van der Waals surface area (Å²) in [6, 6.07) is 3.87. The van der Waals surface area contributed by atoms with Gasteiger partial charge in [0.05, 0.1) is 7.11 Å². The van der Waals surface area contributed by atoms with E-state index in [0.29, 0.717) is 0 Å². The van der Waals surface area contributed by atoms with Gasteiger partial charge in [0.25, 0.3) is 0 Å². The van der Waals surface area contributed by atoms with Crippen LogP contribution >= 0.6 is 0 Å². The zero-order valence-electron chi connectivity index (χ0n) is 7.14. The van der Waals surface area contributed by atoms with Crippen molar-refractivity contribution in [1.29, 1.82) is 0 Å². The number of hydrogen-bond acceptors (Lipinski definition) is 2. The first-order valence-corrected chi connectivity index (χ1v) is 3.56. The molecule has 2 N–H and O–H groups in total. The van der Waals surface area contributed by atoms with Crippen molar-refractivity contribution >= 4 is 5.69 Å². The Morgan fingerprint density at radius 1 is 1.18 bits per heavy atom. The molecule has 1 aromatic carbocycles. The van der Waals surface area contributed by atoms with Crippen LogP contribution in [0.5, 0.6) is 5.75 Å². The van der Waals surface area contributed by atoms with Crippen molar-refractivity contribution in [3.05, 3.63) is 23.3 Å². The van der Waals surface area contributed by atoms with Crippen LogP contribution in [0.4, 0.5) is 5.69 Å². The van der Waals surface area contributed by atoms with E-state index in [-0.39, 0.29) is 0 Å². The molecule has 0 fully saturated rings. The Morgan fingerprint density at radius 2 is 1.82 bits per heavy atom. The van der Waals surface area contributed by atoms with Gasteiger partial charge in [-0.3, -0.25) is 0 Å². The SMILES string of the molecule is COc1cc(C)c(N)cc1C. The first kappa shape index (κ1) is 7.92. The van der Waals surface area contributed by atoms with Gasteiger partial charge in [-0.05, 0) is 37.1 Å². The Kier molecular flexibility index (Phi) is 2.03. The molecule has 1 rings (SSSR count). The molecule has 0 radical (unpaired) electrons. The number of nitrogen functional groups attached to an aromatic ring is 1. The number of rotatable bonds is 1. The van der Waals surface area contributed by atoms with Crippen LogP contribution in [0, 0.1) is 13.8 Å². The van der Waals surface area contributed by atoms with E-state index >= 15 is 0 Å². The van der Waals surface area contributed by atoms with Gasteiger partial charge in [0.2, 0.25) is 0 Å². The zero-order valence-corrected chi connectivity index (χ0v) is 7.14. The Bertz CT molecular complexity index is 269. The van der Waals surface area contributed by atoms with Crippen molar-refractivity contribution in [2.24, 2.45) is 0 Å². The number of methoxy groups -OCH3 is 1. The minimum atomic E-state index is 0.823. The Balaban J connectivity index is 3.21. The standard InChI is InChI=1S/C9H13NO/c1-6-5-9(11-3)7(2)4-8(6)10/h4-5H,10H2,1-3H3. The number of nitrogens with two attached hydrogens (primary N) is 1. The summed E-state index contributed by atoms with van der Waals surface area (Å²) in [6.07, 6.45) is 0. The van der Waals surface area contributed by atoms with Crippen LogP contribution in [-0.4, -0.2) is 7.11 Å². The lowest BCUT2D eigenvalue weighted by atomic mass is 10.1. The second kappa shape index (κ2) is 2.82. The third-order valence-corrected chi connectivity index (χ3v) is 1.78. The summed E-state index contributed by atoms with van der Waals surface area (Å²) >= 11 is 0. The summed E-state index contributed by atoms with van der Waals surface area (Å²) in [5.74, 6) is 0.900. The third kappa shape index (κ3) is 1.45. The van der Waals surface area contributed by atoms with Crippen LogP contribution in [0.2, 0.25) is 0 Å². The molecule has 0 aliphatic heterocycles. The maximum absolute atomic E-state index is 5.69. The van der Waals surface area contributed by atoms with Gasteiger partial charge in [0.1, 0.15) is 5.75 Å². The fraction of sp³-hybridized carbons (Fsp3) is 0.333. The Labute approximate surface area is 67.0 Å². The molecule has 0 aliphatic rings. The minimum Gasteiger partial charge on any atom is -0.496 e. The van der Waals surface area contributed by atoms with Crippen LogP contribution in [0.3, 0.4) is 0 Å². The molecule has 0 saturated heterocycles. The molecule has 2 nitrogen and oxygen atoms in total. The Hall–Kier alpha value is -1.18. The van der Waals surface area contributed by atoms with E-state index in [1.165, 1.54) is 0 Å². The molecule has 0 aliphatic carbocycles. The molecular weight excluding hydrogens is 138 g/mol. The number of hydrogen-bond donors (Lipinski definition) is 1. The minimum absolute atomic E-state index is 0.823. The second-order valence-electron chi connectivity index (χ2n) is 2.68. The van der Waals surface area contributed by atoms with E-state index in [4.69, 9.17) is 10.5 Å². The van der Waals surface area contributed by atoms with Crippen LogP contribution in [0.25, 0.3) is 0 Å². The first-order valence-electron chi connectivity index (χ1n) is 3.56. The Morgan fingerprint density at radius 3 is 2.36 bits per heavy atom. The first-order chi connectivity index (χ1) is 5.15. The van der Waals surface area contributed by atoms with Crippen molar-refractivity contribution < 1.29 is 4.74 Å². The smallest absolute Gasteiger partial charge is 0.122 e. The molecule has 0 spiro atoms. The van der Waals surface area contributed by atoms with Crippen molar-refractivity contribution in [2.45, 2.75) is 13.8 Å². The number of anilines is 1. The summed E-state index contributed by atoms with van der Waals surface area (Å²) in [4.78, 5) is 0. The quantitative estimate of drug-likeness (QED) is 0.622. The van der Waals surface area contributed by atoms with E-state index in [1.54, 1.807) is 7.11 Å². The summed E-state index contributed by atoms with van der Waals surface area (Å²) in [7, 11) is 1.66. The van der Waals surface area contributed by atoms with Gasteiger partial charge in [-0.2, -0.15) is 0 Å². The van der Waals surface area contributed by atoms with E-state index in [1.807, 2.05) is 26.0 Å². The molecule has 2 heteroatoms. The third-order valence-electron chi connectivity index (χ3n) is 1.78. The summed E-state index contributed by atoms with van der Waals surface area (Å²) in [5.41, 5.74) is 8.65. The molecule has 11 heavy (non-hydrogen) atoms. The van der Waals surface area contributed by atoms with E-state index in [9.17, 15) is 0 Å². The van der Waals surface area contributed by atoms with Crippen LogP contribution in [-0.2, 0) is 0 Å². The highest BCUT2D eigenvalue weighted by atomic mass is 16.5. The van der Waals surface area contributed by atoms with Crippen molar-refractivity contribution in [3.8, 4) is 5.75 Å². The molecule has 0 saturated carbocycles. The fourth-order valence-corrected chi connectivity index (χ4v) is 1.03. The van der Waals surface area contributed by atoms with Gasteiger partial charge in [-0.1, -0.05) is 0 Å². The van der Waals surface area contributed by atoms with Gasteiger partial charge >= 0.3 is 0 Å². The normalized spacial score (nSPS) is 9.73. The highest BCUT2D eigenvalue weighted by Crippen LogP contribution is 2.23. The summed E-state index contributed by atoms with van der Waals surface area (Å²) in [5, 5.41) is 0. The topological polar surface area (TPSA) is 35.2 Å². The van der Waals surface area contributed by atoms with Crippen LogP contribution in [0.15, 0.2) is 12.1 Å². The molecule has 0 heterocycles. The van der Waals surface area contributed by atoms with E-state index in [0.717, 1.165) is 22.6 Å². The molecule has 1 aromatic rings. The van der Waals surface area contributed by atoms with Crippen molar-refractivity contribution in [1.82, 2.24) is 0 Å². The average molecular weight is 151 g/mol. The second-order valence-corrected chi connectivity index (χ2v) is 2.68. The highest BCUT2D eigenvalue weighted by molar-refractivity contribution is 5.53. The summed E-state index contributed by atoms with van der Waals surface area (Å²) < 4.78 is 5.13. The van der Waals surface area contributed by atoms with Crippen molar-refractivity contribution in [2.75, 3.05) is 12.8 Å². The molecule has 0 unspecified atom stereocenters. The van der Waals surface area contributed by atoms with Gasteiger partial charge in [-0.25, -0.2) is 0 Å². The largest absolute Gasteiger partial charge is 0.496 e. The number of benzene rings is 1. The molecule has 0 atom stereocenters. The van der Waals surface area contributed by atoms with Crippen molar-refractivity contribution in [3.63, 3.8) is 0 Å². The number of aryl methyl sites for hydroxylation is 2. The lowest BCUT2D eigenvalue weighted by Gasteiger charge is -2.07. The average Bonchev–Trinajstić information content (AvgIpc) is 1.97. The molecule has 0 aromatic heterocycles. The van der Waals surface area contributed by atoms with Gasteiger partial charge in [-0.15, -0.1) is 0 Å². The van der Waals surface area contributed by atoms with E-state index in [2.05, 4.69) is 0 Å².